The zero-order valence-electron chi connectivity index (χ0n) is 10.9. The minimum absolute atomic E-state index is 0.262. The molecule has 1 unspecified atom stereocenters. The van der Waals surface area contributed by atoms with Crippen molar-refractivity contribution in [2.75, 3.05) is 4.90 Å². The summed E-state index contributed by atoms with van der Waals surface area (Å²) in [5, 5.41) is 7.27. The summed E-state index contributed by atoms with van der Waals surface area (Å²) in [6, 6.07) is 3.29. The highest BCUT2D eigenvalue weighted by atomic mass is 35.5. The van der Waals surface area contributed by atoms with Gasteiger partial charge in [-0.15, -0.1) is 0 Å². The Morgan fingerprint density at radius 1 is 1.29 bits per heavy atom. The lowest BCUT2D eigenvalue weighted by Gasteiger charge is -2.14. The number of carbonyl (C=O) groups excluding carboxylic acids is 2. The Bertz CT molecular complexity index is 744. The van der Waals surface area contributed by atoms with Crippen molar-refractivity contribution in [3.8, 4) is 0 Å². The van der Waals surface area contributed by atoms with Gasteiger partial charge in [-0.05, 0) is 18.2 Å². The highest BCUT2D eigenvalue weighted by Crippen LogP contribution is 2.33. The molecule has 1 aromatic heterocycles. The molecule has 0 saturated carbocycles. The predicted molar refractivity (Wildman–Crippen MR) is 78.4 cm³/mol. The molecule has 0 bridgehead atoms. The van der Waals surface area contributed by atoms with Crippen LogP contribution in [0.3, 0.4) is 0 Å². The Morgan fingerprint density at radius 2 is 2.05 bits per heavy atom. The van der Waals surface area contributed by atoms with Crippen molar-refractivity contribution in [3.05, 3.63) is 46.2 Å². The maximum atomic E-state index is 12.5. The Labute approximate surface area is 130 Å². The van der Waals surface area contributed by atoms with E-state index in [0.29, 0.717) is 10.6 Å². The molecule has 1 N–H and O–H groups in total. The average Bonchev–Trinajstić information content (AvgIpc) is 2.97. The quantitative estimate of drug-likeness (QED) is 0.863. The van der Waals surface area contributed by atoms with E-state index >= 15 is 0 Å². The maximum Gasteiger partial charge on any atom is 0.329 e. The van der Waals surface area contributed by atoms with Crippen LogP contribution in [0.25, 0.3) is 0 Å². The van der Waals surface area contributed by atoms with Crippen LogP contribution in [-0.2, 0) is 11.8 Å². The second-order valence-corrected chi connectivity index (χ2v) is 5.44. The van der Waals surface area contributed by atoms with Crippen LogP contribution in [0.5, 0.6) is 0 Å². The van der Waals surface area contributed by atoms with E-state index in [0.717, 1.165) is 4.90 Å². The van der Waals surface area contributed by atoms with Crippen LogP contribution in [0, 0.1) is 0 Å². The summed E-state index contributed by atoms with van der Waals surface area (Å²) in [5.41, 5.74) is 0.870. The third kappa shape index (κ3) is 2.36. The number of amides is 3. The van der Waals surface area contributed by atoms with E-state index in [9.17, 15) is 9.59 Å². The number of nitrogens with one attached hydrogen (secondary N) is 1. The molecule has 2 heterocycles. The lowest BCUT2D eigenvalue weighted by atomic mass is 10.1. The summed E-state index contributed by atoms with van der Waals surface area (Å²) < 4.78 is 1.56. The first-order valence-electron chi connectivity index (χ1n) is 6.05. The second-order valence-electron chi connectivity index (χ2n) is 4.60. The van der Waals surface area contributed by atoms with Gasteiger partial charge in [0.15, 0.2) is 0 Å². The minimum Gasteiger partial charge on any atom is -0.321 e. The van der Waals surface area contributed by atoms with Crippen LogP contribution in [0.2, 0.25) is 10.0 Å². The van der Waals surface area contributed by atoms with Crippen molar-refractivity contribution in [1.29, 1.82) is 0 Å². The van der Waals surface area contributed by atoms with Gasteiger partial charge in [0.05, 0.1) is 16.9 Å². The lowest BCUT2D eigenvalue weighted by molar-refractivity contribution is -0.118. The summed E-state index contributed by atoms with van der Waals surface area (Å²) in [7, 11) is 1.73. The van der Waals surface area contributed by atoms with Gasteiger partial charge in [-0.3, -0.25) is 9.48 Å². The molecule has 1 fully saturated rings. The first-order chi connectivity index (χ1) is 9.97. The van der Waals surface area contributed by atoms with Gasteiger partial charge in [0.25, 0.3) is 5.91 Å². The number of anilines is 1. The van der Waals surface area contributed by atoms with Gasteiger partial charge in [0.2, 0.25) is 0 Å². The molecule has 8 heteroatoms. The summed E-state index contributed by atoms with van der Waals surface area (Å²) in [6.07, 6.45) is 3.21. The number of hydrogen-bond donors (Lipinski definition) is 1. The highest BCUT2D eigenvalue weighted by Gasteiger charge is 2.41. The number of hydrogen-bond acceptors (Lipinski definition) is 3. The average molecular weight is 325 g/mol. The van der Waals surface area contributed by atoms with E-state index in [-0.39, 0.29) is 10.7 Å². The van der Waals surface area contributed by atoms with E-state index in [1.165, 1.54) is 18.3 Å². The predicted octanol–water partition coefficient (Wildman–Crippen LogP) is 2.52. The van der Waals surface area contributed by atoms with E-state index in [1.54, 1.807) is 24.0 Å². The number of aryl methyl sites for hydroxylation is 1. The van der Waals surface area contributed by atoms with Crippen molar-refractivity contribution in [2.45, 2.75) is 6.04 Å². The van der Waals surface area contributed by atoms with Gasteiger partial charge < -0.3 is 5.32 Å². The SMILES string of the molecule is Cn1cc(C2NC(=O)N(c3cc(Cl)ccc3Cl)C2=O)cn1. The van der Waals surface area contributed by atoms with E-state index < -0.39 is 18.0 Å². The maximum absolute atomic E-state index is 12.5. The van der Waals surface area contributed by atoms with Crippen LogP contribution in [-0.4, -0.2) is 21.7 Å². The summed E-state index contributed by atoms with van der Waals surface area (Å²) in [4.78, 5) is 25.6. The molecule has 1 atom stereocenters. The number of imide groups is 1. The minimum atomic E-state index is -0.777. The Kier molecular flexibility index (Phi) is 3.35. The largest absolute Gasteiger partial charge is 0.329 e. The number of carbonyl (C=O) groups is 2. The number of halogens is 2. The van der Waals surface area contributed by atoms with Crippen molar-refractivity contribution in [3.63, 3.8) is 0 Å². The number of aromatic nitrogens is 2. The van der Waals surface area contributed by atoms with E-state index in [1.807, 2.05) is 0 Å². The molecule has 1 aromatic carbocycles. The Balaban J connectivity index is 1.99. The van der Waals surface area contributed by atoms with Gasteiger partial charge in [-0.1, -0.05) is 23.2 Å². The van der Waals surface area contributed by atoms with Crippen molar-refractivity contribution in [1.82, 2.24) is 15.1 Å². The van der Waals surface area contributed by atoms with Crippen LogP contribution in [0.4, 0.5) is 10.5 Å². The van der Waals surface area contributed by atoms with Crippen molar-refractivity contribution in [2.24, 2.45) is 7.05 Å². The van der Waals surface area contributed by atoms with E-state index in [2.05, 4.69) is 10.4 Å². The zero-order chi connectivity index (χ0) is 15.1. The number of nitrogens with zero attached hydrogens (tertiary/aromatic N) is 3. The van der Waals surface area contributed by atoms with Gasteiger partial charge >= 0.3 is 6.03 Å². The topological polar surface area (TPSA) is 67.2 Å². The van der Waals surface area contributed by atoms with E-state index in [4.69, 9.17) is 23.2 Å². The molecule has 2 aromatic rings. The molecular formula is C13H10Cl2N4O2. The number of rotatable bonds is 2. The second kappa shape index (κ2) is 5.05. The fourth-order valence-electron chi connectivity index (χ4n) is 2.18. The van der Waals surface area contributed by atoms with Gasteiger partial charge in [0, 0.05) is 23.8 Å². The number of benzene rings is 1. The smallest absolute Gasteiger partial charge is 0.321 e. The zero-order valence-corrected chi connectivity index (χ0v) is 12.4. The van der Waals surface area contributed by atoms with Crippen LogP contribution in [0.15, 0.2) is 30.6 Å². The summed E-state index contributed by atoms with van der Waals surface area (Å²) >= 11 is 12.0. The fraction of sp³-hybridized carbons (Fsp3) is 0.154. The molecule has 1 aliphatic heterocycles. The summed E-state index contributed by atoms with van der Waals surface area (Å²) in [5.74, 6) is -0.419. The number of urea groups is 1. The first-order valence-corrected chi connectivity index (χ1v) is 6.81. The monoisotopic (exact) mass is 324 g/mol. The van der Waals surface area contributed by atoms with Gasteiger partial charge in [-0.2, -0.15) is 5.10 Å². The molecular weight excluding hydrogens is 315 g/mol. The molecule has 1 saturated heterocycles. The molecule has 1 aliphatic rings. The molecule has 0 aliphatic carbocycles. The molecule has 108 valence electrons. The normalized spacial score (nSPS) is 18.2. The Morgan fingerprint density at radius 3 is 2.71 bits per heavy atom. The van der Waals surface area contributed by atoms with Crippen molar-refractivity contribution >= 4 is 40.8 Å². The van der Waals surface area contributed by atoms with Crippen LogP contribution in [0.1, 0.15) is 11.6 Å². The molecule has 6 nitrogen and oxygen atoms in total. The third-order valence-electron chi connectivity index (χ3n) is 3.15. The molecule has 0 radical (unpaired) electrons. The highest BCUT2D eigenvalue weighted by molar-refractivity contribution is 6.37. The fourth-order valence-corrected chi connectivity index (χ4v) is 2.55. The van der Waals surface area contributed by atoms with Gasteiger partial charge in [0.1, 0.15) is 6.04 Å². The summed E-state index contributed by atoms with van der Waals surface area (Å²) in [6.45, 7) is 0. The third-order valence-corrected chi connectivity index (χ3v) is 3.70. The standard InChI is InChI=1S/C13H10Cl2N4O2/c1-18-6-7(5-16-18)11-12(20)19(13(21)17-11)10-4-8(14)2-3-9(10)15/h2-6,11H,1H3,(H,17,21). The first kappa shape index (κ1) is 13.9. The van der Waals surface area contributed by atoms with Crippen LogP contribution >= 0.6 is 23.2 Å². The van der Waals surface area contributed by atoms with Gasteiger partial charge in [-0.25, -0.2) is 9.69 Å². The molecule has 0 spiro atoms. The molecule has 3 rings (SSSR count). The molecule has 21 heavy (non-hydrogen) atoms. The van der Waals surface area contributed by atoms with Crippen LogP contribution < -0.4 is 10.2 Å². The van der Waals surface area contributed by atoms with Crippen molar-refractivity contribution < 1.29 is 9.59 Å². The Hall–Kier alpha value is -2.05. The molecule has 3 amide bonds. The lowest BCUT2D eigenvalue weighted by Crippen LogP contribution is -2.30.